The van der Waals surface area contributed by atoms with Crippen molar-refractivity contribution in [2.24, 2.45) is 0 Å². The number of aromatic hydroxyl groups is 1. The number of halogens is 2. The Morgan fingerprint density at radius 2 is 2.17 bits per heavy atom. The smallest absolute Gasteiger partial charge is 0.338 e. The van der Waals surface area contributed by atoms with Gasteiger partial charge in [0.05, 0.1) is 17.2 Å². The molecule has 11 heteroatoms. The highest BCUT2D eigenvalue weighted by atomic mass is 79.9. The molecule has 0 radical (unpaired) electrons. The predicted octanol–water partition coefficient (Wildman–Crippen LogP) is 5.72. The molecule has 1 aliphatic heterocycles. The van der Waals surface area contributed by atoms with Crippen molar-refractivity contribution < 1.29 is 19.4 Å². The summed E-state index contributed by atoms with van der Waals surface area (Å²) in [6, 6.07) is 10.3. The topological polar surface area (TPSA) is 98.5 Å². The molecule has 0 spiro atoms. The van der Waals surface area contributed by atoms with Crippen LogP contribution in [-0.2, 0) is 15.3 Å². The number of ether oxygens (including phenoxy) is 2. The zero-order valence-electron chi connectivity index (χ0n) is 18.9. The summed E-state index contributed by atoms with van der Waals surface area (Å²) in [6.07, 6.45) is 1.50. The highest BCUT2D eigenvalue weighted by Gasteiger charge is 2.36. The number of fused-ring (bicyclic) bond motifs is 1. The number of esters is 1. The van der Waals surface area contributed by atoms with Gasteiger partial charge in [-0.1, -0.05) is 54.2 Å². The molecule has 2 aromatic carbocycles. The molecule has 0 saturated heterocycles. The number of nitrogens with zero attached hydrogens (tertiary/aromatic N) is 3. The van der Waals surface area contributed by atoms with Crippen LogP contribution in [0.25, 0.3) is 0 Å². The average molecular weight is 578 g/mol. The molecule has 3 aromatic rings. The van der Waals surface area contributed by atoms with Crippen LogP contribution in [0, 0.1) is 0 Å². The lowest BCUT2D eigenvalue weighted by molar-refractivity contribution is -0.138. The first kappa shape index (κ1) is 25.2. The van der Waals surface area contributed by atoms with Crippen LogP contribution in [0.4, 0.5) is 5.95 Å². The molecule has 0 amide bonds. The molecule has 2 N–H and O–H groups in total. The van der Waals surface area contributed by atoms with Crippen LogP contribution >= 0.6 is 39.3 Å². The van der Waals surface area contributed by atoms with Gasteiger partial charge in [0.15, 0.2) is 11.5 Å². The number of phenols is 1. The molecule has 1 atom stereocenters. The van der Waals surface area contributed by atoms with E-state index < -0.39 is 12.0 Å². The number of phenolic OH excluding ortho intramolecular Hbond substituents is 1. The number of allylic oxidation sites excluding steroid dienone is 1. The Morgan fingerprint density at radius 3 is 2.89 bits per heavy atom. The van der Waals surface area contributed by atoms with Crippen molar-refractivity contribution in [1.82, 2.24) is 14.8 Å². The number of rotatable bonds is 8. The Morgan fingerprint density at radius 1 is 1.40 bits per heavy atom. The Labute approximate surface area is 220 Å². The van der Waals surface area contributed by atoms with Gasteiger partial charge in [-0.3, -0.25) is 0 Å². The quantitative estimate of drug-likeness (QED) is 0.199. The minimum Gasteiger partial charge on any atom is -0.503 e. The summed E-state index contributed by atoms with van der Waals surface area (Å²) in [5.41, 5.74) is 2.54. The minimum atomic E-state index is -0.684. The fourth-order valence-electron chi connectivity index (χ4n) is 3.64. The molecular formula is C24H22BrClN4O4S. The van der Waals surface area contributed by atoms with Crippen LogP contribution in [-0.4, -0.2) is 39.6 Å². The third-order valence-corrected chi connectivity index (χ3v) is 7.15. The predicted molar refractivity (Wildman–Crippen MR) is 139 cm³/mol. The van der Waals surface area contributed by atoms with Gasteiger partial charge in [0.1, 0.15) is 12.6 Å². The zero-order valence-corrected chi connectivity index (χ0v) is 22.1. The van der Waals surface area contributed by atoms with Gasteiger partial charge >= 0.3 is 5.97 Å². The number of aromatic nitrogens is 3. The van der Waals surface area contributed by atoms with E-state index in [1.807, 2.05) is 24.3 Å². The van der Waals surface area contributed by atoms with Crippen molar-refractivity contribution in [2.45, 2.75) is 23.9 Å². The molecule has 0 aliphatic carbocycles. The molecule has 0 fully saturated rings. The van der Waals surface area contributed by atoms with E-state index in [9.17, 15) is 9.90 Å². The zero-order chi connectivity index (χ0) is 25.1. The highest BCUT2D eigenvalue weighted by Crippen LogP contribution is 2.42. The summed E-state index contributed by atoms with van der Waals surface area (Å²) >= 11 is 11.1. The molecule has 2 heterocycles. The number of carbonyl (C=O) groups excluding carboxylic acids is 1. The maximum absolute atomic E-state index is 13.1. The first-order chi connectivity index (χ1) is 16.8. The third-order valence-electron chi connectivity index (χ3n) is 5.29. The maximum Gasteiger partial charge on any atom is 0.338 e. The number of thioether (sulfide) groups is 1. The second-order valence-corrected chi connectivity index (χ2v) is 9.75. The molecule has 1 aliphatic rings. The van der Waals surface area contributed by atoms with Crippen molar-refractivity contribution in [3.8, 4) is 11.5 Å². The average Bonchev–Trinajstić information content (AvgIpc) is 3.25. The number of hydrogen-bond donors (Lipinski definition) is 2. The largest absolute Gasteiger partial charge is 0.503 e. The minimum absolute atomic E-state index is 0.0449. The van der Waals surface area contributed by atoms with Crippen LogP contribution in [0.5, 0.6) is 11.5 Å². The number of anilines is 1. The number of benzene rings is 2. The molecule has 4 rings (SSSR count). The number of methoxy groups -OCH3 is 1. The lowest BCUT2D eigenvalue weighted by atomic mass is 9.95. The van der Waals surface area contributed by atoms with Crippen molar-refractivity contribution in [3.05, 3.63) is 80.9 Å². The van der Waals surface area contributed by atoms with Crippen molar-refractivity contribution in [3.63, 3.8) is 0 Å². The van der Waals surface area contributed by atoms with Gasteiger partial charge < -0.3 is 19.9 Å². The molecular weight excluding hydrogens is 556 g/mol. The van der Waals surface area contributed by atoms with Crippen LogP contribution in [0.1, 0.15) is 24.1 Å². The van der Waals surface area contributed by atoms with E-state index in [1.54, 1.807) is 23.7 Å². The van der Waals surface area contributed by atoms with Gasteiger partial charge in [-0.05, 0) is 52.2 Å². The van der Waals surface area contributed by atoms with E-state index in [1.165, 1.54) is 24.9 Å². The molecule has 182 valence electrons. The van der Waals surface area contributed by atoms with Gasteiger partial charge in [-0.2, -0.15) is 4.98 Å². The lowest BCUT2D eigenvalue weighted by Gasteiger charge is -2.28. The molecule has 35 heavy (non-hydrogen) atoms. The molecule has 1 aromatic heterocycles. The van der Waals surface area contributed by atoms with Gasteiger partial charge in [-0.15, -0.1) is 5.10 Å². The molecule has 1 unspecified atom stereocenters. The standard InChI is InChI=1S/C24H22BrClN4O4S/c1-4-9-34-22(32)19-13(2)27-23-28-24(35-12-14-7-5-6-8-17(14)26)29-30(23)20(19)15-10-16(25)21(31)18(11-15)33-3/h4-8,10-11,20,31H,1,9,12H2,2-3H3,(H,27,28,29). The van der Waals surface area contributed by atoms with Gasteiger partial charge in [-0.25, -0.2) is 9.48 Å². The number of hydrogen-bond acceptors (Lipinski definition) is 8. The van der Waals surface area contributed by atoms with E-state index in [0.29, 0.717) is 43.2 Å². The summed E-state index contributed by atoms with van der Waals surface area (Å²) in [4.78, 5) is 17.7. The summed E-state index contributed by atoms with van der Waals surface area (Å²) in [6.45, 7) is 5.45. The highest BCUT2D eigenvalue weighted by molar-refractivity contribution is 9.10. The second kappa shape index (κ2) is 10.8. The Balaban J connectivity index is 1.76. The first-order valence-electron chi connectivity index (χ1n) is 10.5. The van der Waals surface area contributed by atoms with Crippen LogP contribution in [0.15, 0.2) is 70.0 Å². The summed E-state index contributed by atoms with van der Waals surface area (Å²) in [5.74, 6) is 0.732. The van der Waals surface area contributed by atoms with E-state index >= 15 is 0 Å². The second-order valence-electron chi connectivity index (χ2n) is 7.55. The summed E-state index contributed by atoms with van der Waals surface area (Å²) in [5, 5.41) is 19.4. The number of carbonyl (C=O) groups is 1. The van der Waals surface area contributed by atoms with E-state index in [4.69, 9.17) is 26.2 Å². The first-order valence-corrected chi connectivity index (χ1v) is 12.6. The third kappa shape index (κ3) is 5.19. The Kier molecular flexibility index (Phi) is 7.73. The normalized spacial score (nSPS) is 14.8. The Hall–Kier alpha value is -2.95. The fraction of sp³-hybridized carbons (Fsp3) is 0.208. The van der Waals surface area contributed by atoms with Crippen LogP contribution in [0.3, 0.4) is 0 Å². The van der Waals surface area contributed by atoms with E-state index in [0.717, 1.165) is 5.56 Å². The fourth-order valence-corrected chi connectivity index (χ4v) is 5.22. The SMILES string of the molecule is C=CCOC(=O)C1=C(C)Nc2nc(SCc3ccccc3Cl)nn2C1c1cc(Br)c(O)c(OC)c1. The summed E-state index contributed by atoms with van der Waals surface area (Å²) in [7, 11) is 1.46. The summed E-state index contributed by atoms with van der Waals surface area (Å²) < 4.78 is 12.8. The van der Waals surface area contributed by atoms with Gasteiger partial charge in [0.25, 0.3) is 0 Å². The monoisotopic (exact) mass is 576 g/mol. The van der Waals surface area contributed by atoms with Crippen molar-refractivity contribution in [1.29, 1.82) is 0 Å². The van der Waals surface area contributed by atoms with E-state index in [-0.39, 0.29) is 18.1 Å². The maximum atomic E-state index is 13.1. The van der Waals surface area contributed by atoms with Gasteiger partial charge in [0, 0.05) is 16.5 Å². The van der Waals surface area contributed by atoms with Gasteiger partial charge in [0.2, 0.25) is 11.1 Å². The molecule has 0 saturated carbocycles. The van der Waals surface area contributed by atoms with Crippen molar-refractivity contribution >= 4 is 51.2 Å². The van der Waals surface area contributed by atoms with E-state index in [2.05, 4.69) is 32.8 Å². The number of nitrogens with one attached hydrogen (secondary N) is 1. The molecule has 8 nitrogen and oxygen atoms in total. The van der Waals surface area contributed by atoms with Crippen LogP contribution < -0.4 is 10.1 Å². The van der Waals surface area contributed by atoms with Crippen molar-refractivity contribution in [2.75, 3.05) is 19.0 Å². The van der Waals surface area contributed by atoms with Crippen LogP contribution in [0.2, 0.25) is 5.02 Å². The lowest BCUT2D eigenvalue weighted by Crippen LogP contribution is -2.29. The Bertz CT molecular complexity index is 1330. The molecule has 0 bridgehead atoms.